The molecule has 1 aliphatic rings. The number of rotatable bonds is 5. The molecule has 0 saturated heterocycles. The topological polar surface area (TPSA) is 29.5 Å². The van der Waals surface area contributed by atoms with E-state index < -0.39 is 5.41 Å². The van der Waals surface area contributed by atoms with Crippen LogP contribution in [0, 0.1) is 0 Å². The molecule has 3 nitrogen and oxygen atoms in total. The number of benzene rings is 1. The fourth-order valence-corrected chi connectivity index (χ4v) is 4.03. The second-order valence-electron chi connectivity index (χ2n) is 6.05. The van der Waals surface area contributed by atoms with Crippen LogP contribution in [-0.4, -0.2) is 43.3 Å². The molecule has 21 heavy (non-hydrogen) atoms. The Morgan fingerprint density at radius 1 is 1.43 bits per heavy atom. The molecule has 2 rings (SSSR count). The predicted octanol–water partition coefficient (Wildman–Crippen LogP) is 3.18. The van der Waals surface area contributed by atoms with E-state index in [1.54, 1.807) is 7.11 Å². The number of methoxy groups -OCH3 is 1. The minimum absolute atomic E-state index is 0.0829. The Morgan fingerprint density at radius 2 is 2.14 bits per heavy atom. The van der Waals surface area contributed by atoms with E-state index in [4.69, 9.17) is 4.74 Å². The van der Waals surface area contributed by atoms with E-state index in [1.807, 2.05) is 6.07 Å². The highest BCUT2D eigenvalue weighted by atomic mass is 79.9. The Balaban J connectivity index is 2.53. The van der Waals surface area contributed by atoms with Gasteiger partial charge in [-0.05, 0) is 63.2 Å². The van der Waals surface area contributed by atoms with Gasteiger partial charge in [-0.1, -0.05) is 28.9 Å². The van der Waals surface area contributed by atoms with E-state index in [0.29, 0.717) is 5.78 Å². The van der Waals surface area contributed by atoms with Crippen molar-refractivity contribution in [3.63, 3.8) is 0 Å². The van der Waals surface area contributed by atoms with E-state index in [-0.39, 0.29) is 4.83 Å². The molecule has 0 amide bonds. The quantitative estimate of drug-likeness (QED) is 0.761. The molecule has 0 heterocycles. The molecular weight excluding hydrogens is 330 g/mol. The Hall–Kier alpha value is -0.870. The third-order valence-electron chi connectivity index (χ3n) is 4.58. The van der Waals surface area contributed by atoms with Crippen LogP contribution in [-0.2, 0) is 16.6 Å². The molecule has 0 spiro atoms. The second kappa shape index (κ2) is 6.49. The highest BCUT2D eigenvalue weighted by Crippen LogP contribution is 2.43. The van der Waals surface area contributed by atoms with Crippen molar-refractivity contribution in [1.29, 1.82) is 0 Å². The smallest absolute Gasteiger partial charge is 0.157 e. The lowest BCUT2D eigenvalue weighted by atomic mass is 9.65. The molecule has 116 valence electrons. The number of hydrogen-bond donors (Lipinski definition) is 0. The van der Waals surface area contributed by atoms with Crippen molar-refractivity contribution in [2.75, 3.05) is 27.7 Å². The summed E-state index contributed by atoms with van der Waals surface area (Å²) in [6.07, 6.45) is 2.43. The van der Waals surface area contributed by atoms with Gasteiger partial charge in [0.2, 0.25) is 0 Å². The van der Waals surface area contributed by atoms with Crippen molar-refractivity contribution in [1.82, 2.24) is 4.90 Å². The fourth-order valence-electron chi connectivity index (χ4n) is 3.24. The zero-order chi connectivity index (χ0) is 15.6. The number of halogens is 1. The number of ether oxygens (including phenoxy) is 1. The number of fused-ring (bicyclic) bond motifs is 1. The first kappa shape index (κ1) is 16.5. The summed E-state index contributed by atoms with van der Waals surface area (Å²) < 4.78 is 5.37. The van der Waals surface area contributed by atoms with Gasteiger partial charge in [0.15, 0.2) is 5.78 Å². The standard InChI is InChI=1S/C17H24BrNO2/c1-5-17(8-9-19(2)3)14-11-13(21-4)7-6-12(14)10-15(18)16(17)20/h6-7,11,15H,5,8-10H2,1-4H3. The molecule has 0 bridgehead atoms. The summed E-state index contributed by atoms with van der Waals surface area (Å²) in [7, 11) is 5.77. The zero-order valence-electron chi connectivity index (χ0n) is 13.3. The summed E-state index contributed by atoms with van der Waals surface area (Å²) in [5.41, 5.74) is 2.02. The lowest BCUT2D eigenvalue weighted by molar-refractivity contribution is -0.125. The number of carbonyl (C=O) groups is 1. The van der Waals surface area contributed by atoms with Gasteiger partial charge < -0.3 is 9.64 Å². The van der Waals surface area contributed by atoms with Gasteiger partial charge in [-0.15, -0.1) is 0 Å². The fraction of sp³-hybridized carbons (Fsp3) is 0.588. The van der Waals surface area contributed by atoms with Crippen LogP contribution < -0.4 is 4.74 Å². The molecule has 0 radical (unpaired) electrons. The van der Waals surface area contributed by atoms with Gasteiger partial charge in [0.05, 0.1) is 17.4 Å². The van der Waals surface area contributed by atoms with Crippen LogP contribution in [0.2, 0.25) is 0 Å². The molecule has 4 heteroatoms. The van der Waals surface area contributed by atoms with Crippen molar-refractivity contribution in [2.24, 2.45) is 0 Å². The SMILES string of the molecule is CCC1(CCN(C)C)C(=O)C(Br)Cc2ccc(OC)cc21. The third-order valence-corrected chi connectivity index (χ3v) is 5.32. The highest BCUT2D eigenvalue weighted by molar-refractivity contribution is 9.10. The lowest BCUT2D eigenvalue weighted by Gasteiger charge is -2.40. The molecule has 2 unspecified atom stereocenters. The first-order chi connectivity index (χ1) is 9.94. The maximum absolute atomic E-state index is 12.9. The summed E-state index contributed by atoms with van der Waals surface area (Å²) in [5.74, 6) is 1.14. The summed E-state index contributed by atoms with van der Waals surface area (Å²) in [6, 6.07) is 6.15. The Bertz CT molecular complexity index is 530. The van der Waals surface area contributed by atoms with Crippen LogP contribution in [0.25, 0.3) is 0 Å². The van der Waals surface area contributed by atoms with E-state index in [1.165, 1.54) is 5.56 Å². The van der Waals surface area contributed by atoms with Crippen molar-refractivity contribution in [3.05, 3.63) is 29.3 Å². The zero-order valence-corrected chi connectivity index (χ0v) is 14.9. The third kappa shape index (κ3) is 3.02. The number of hydrogen-bond acceptors (Lipinski definition) is 3. The summed E-state index contributed by atoms with van der Waals surface area (Å²) >= 11 is 3.59. The van der Waals surface area contributed by atoms with Gasteiger partial charge in [-0.25, -0.2) is 0 Å². The number of alkyl halides is 1. The normalized spacial score (nSPS) is 25.0. The maximum Gasteiger partial charge on any atom is 0.157 e. The van der Waals surface area contributed by atoms with E-state index in [2.05, 4.69) is 54.0 Å². The van der Waals surface area contributed by atoms with E-state index in [9.17, 15) is 4.79 Å². The van der Waals surface area contributed by atoms with Gasteiger partial charge in [-0.2, -0.15) is 0 Å². The van der Waals surface area contributed by atoms with Crippen molar-refractivity contribution >= 4 is 21.7 Å². The molecule has 1 aliphatic carbocycles. The molecule has 0 saturated carbocycles. The number of Topliss-reactive ketones (excluding diaryl/α,β-unsaturated/α-hetero) is 1. The Kier molecular flexibility index (Phi) is 5.10. The second-order valence-corrected chi connectivity index (χ2v) is 7.15. The van der Waals surface area contributed by atoms with Gasteiger partial charge >= 0.3 is 0 Å². The minimum atomic E-state index is -0.402. The molecular formula is C17H24BrNO2. The number of ketones is 1. The highest BCUT2D eigenvalue weighted by Gasteiger charge is 2.45. The van der Waals surface area contributed by atoms with Gasteiger partial charge in [0.25, 0.3) is 0 Å². The number of nitrogens with zero attached hydrogens (tertiary/aromatic N) is 1. The van der Waals surface area contributed by atoms with Crippen LogP contribution in [0.5, 0.6) is 5.75 Å². The van der Waals surface area contributed by atoms with Crippen LogP contribution in [0.3, 0.4) is 0 Å². The molecule has 1 aromatic carbocycles. The molecule has 2 atom stereocenters. The summed E-state index contributed by atoms with van der Waals surface area (Å²) in [6.45, 7) is 3.01. The Morgan fingerprint density at radius 3 is 2.71 bits per heavy atom. The molecule has 0 N–H and O–H groups in total. The maximum atomic E-state index is 12.9. The average Bonchev–Trinajstić information content (AvgIpc) is 2.48. The van der Waals surface area contributed by atoms with Crippen LogP contribution in [0.4, 0.5) is 0 Å². The van der Waals surface area contributed by atoms with Gasteiger partial charge in [-0.3, -0.25) is 4.79 Å². The van der Waals surface area contributed by atoms with Crippen LogP contribution in [0.1, 0.15) is 30.9 Å². The molecule has 0 aromatic heterocycles. The van der Waals surface area contributed by atoms with E-state index >= 15 is 0 Å². The largest absolute Gasteiger partial charge is 0.497 e. The lowest BCUT2D eigenvalue weighted by Crippen LogP contribution is -2.47. The van der Waals surface area contributed by atoms with Crippen molar-refractivity contribution < 1.29 is 9.53 Å². The summed E-state index contributed by atoms with van der Waals surface area (Å²) in [4.78, 5) is 15.0. The van der Waals surface area contributed by atoms with Gasteiger partial charge in [0.1, 0.15) is 5.75 Å². The number of carbonyl (C=O) groups excluding carboxylic acids is 1. The van der Waals surface area contributed by atoms with Gasteiger partial charge in [0, 0.05) is 0 Å². The van der Waals surface area contributed by atoms with Crippen LogP contribution >= 0.6 is 15.9 Å². The van der Waals surface area contributed by atoms with Crippen molar-refractivity contribution in [3.8, 4) is 5.75 Å². The monoisotopic (exact) mass is 353 g/mol. The molecule has 0 aliphatic heterocycles. The van der Waals surface area contributed by atoms with E-state index in [0.717, 1.165) is 37.1 Å². The predicted molar refractivity (Wildman–Crippen MR) is 89.6 cm³/mol. The average molecular weight is 354 g/mol. The van der Waals surface area contributed by atoms with Crippen molar-refractivity contribution in [2.45, 2.75) is 36.4 Å². The molecule has 0 fully saturated rings. The first-order valence-corrected chi connectivity index (χ1v) is 8.36. The summed E-state index contributed by atoms with van der Waals surface area (Å²) in [5, 5.41) is 0. The van der Waals surface area contributed by atoms with Crippen LogP contribution in [0.15, 0.2) is 18.2 Å². The minimum Gasteiger partial charge on any atom is -0.497 e. The Labute approximate surface area is 135 Å². The first-order valence-electron chi connectivity index (χ1n) is 7.45. The molecule has 1 aromatic rings.